The Morgan fingerprint density at radius 3 is 3.00 bits per heavy atom. The van der Waals surface area contributed by atoms with E-state index in [9.17, 15) is 0 Å². The lowest BCUT2D eigenvalue weighted by atomic mass is 9.78. The number of aromatic nitrogens is 1. The topological polar surface area (TPSA) is 24.9 Å². The highest BCUT2D eigenvalue weighted by atomic mass is 14.8. The number of hydrogen-bond acceptors (Lipinski definition) is 2. The van der Waals surface area contributed by atoms with Crippen LogP contribution in [0.25, 0.3) is 0 Å². The SMILES string of the molecule is CC(C)CNCCC(C)C1CCCc2cccnc21. The minimum Gasteiger partial charge on any atom is -0.316 e. The van der Waals surface area contributed by atoms with Gasteiger partial charge in [0.05, 0.1) is 0 Å². The average molecular weight is 260 g/mol. The molecule has 0 aliphatic heterocycles. The van der Waals surface area contributed by atoms with Gasteiger partial charge in [0, 0.05) is 17.8 Å². The monoisotopic (exact) mass is 260 g/mol. The predicted octanol–water partition coefficient (Wildman–Crippen LogP) is 3.77. The van der Waals surface area contributed by atoms with Crippen LogP contribution < -0.4 is 5.32 Å². The second-order valence-corrected chi connectivity index (χ2v) is 6.41. The number of nitrogens with zero attached hydrogens (tertiary/aromatic N) is 1. The molecule has 2 unspecified atom stereocenters. The van der Waals surface area contributed by atoms with Gasteiger partial charge in [-0.1, -0.05) is 26.8 Å². The Bertz CT molecular complexity index is 387. The van der Waals surface area contributed by atoms with E-state index < -0.39 is 0 Å². The molecule has 0 aromatic carbocycles. The molecular formula is C17H28N2. The summed E-state index contributed by atoms with van der Waals surface area (Å²) >= 11 is 0. The maximum atomic E-state index is 4.66. The standard InChI is InChI=1S/C17H28N2/c1-13(2)12-18-11-9-14(3)16-8-4-6-15-7-5-10-19-17(15)16/h5,7,10,13-14,16,18H,4,6,8-9,11-12H2,1-3H3. The van der Waals surface area contributed by atoms with Gasteiger partial charge in [0.25, 0.3) is 0 Å². The van der Waals surface area contributed by atoms with Gasteiger partial charge in [0.2, 0.25) is 0 Å². The zero-order chi connectivity index (χ0) is 13.7. The van der Waals surface area contributed by atoms with Crippen LogP contribution in [-0.4, -0.2) is 18.1 Å². The number of pyridine rings is 1. The minimum absolute atomic E-state index is 0.672. The summed E-state index contributed by atoms with van der Waals surface area (Å²) in [5.41, 5.74) is 2.87. The Kier molecular flexibility index (Phi) is 5.38. The van der Waals surface area contributed by atoms with Crippen LogP contribution >= 0.6 is 0 Å². The molecule has 2 atom stereocenters. The van der Waals surface area contributed by atoms with E-state index in [2.05, 4.69) is 43.2 Å². The van der Waals surface area contributed by atoms with Crippen LogP contribution in [0.3, 0.4) is 0 Å². The van der Waals surface area contributed by atoms with Gasteiger partial charge in [-0.2, -0.15) is 0 Å². The van der Waals surface area contributed by atoms with Crippen LogP contribution in [0, 0.1) is 11.8 Å². The largest absolute Gasteiger partial charge is 0.316 e. The first-order valence-electron chi connectivity index (χ1n) is 7.83. The third kappa shape index (κ3) is 4.04. The van der Waals surface area contributed by atoms with E-state index in [0.29, 0.717) is 5.92 Å². The molecule has 2 rings (SSSR count). The van der Waals surface area contributed by atoms with Gasteiger partial charge in [-0.05, 0) is 62.2 Å². The summed E-state index contributed by atoms with van der Waals surface area (Å²) < 4.78 is 0. The van der Waals surface area contributed by atoms with Crippen LogP contribution in [-0.2, 0) is 6.42 Å². The Morgan fingerprint density at radius 2 is 2.21 bits per heavy atom. The van der Waals surface area contributed by atoms with Crippen LogP contribution in [0.2, 0.25) is 0 Å². The highest BCUT2D eigenvalue weighted by molar-refractivity contribution is 5.26. The van der Waals surface area contributed by atoms with Gasteiger partial charge in [-0.15, -0.1) is 0 Å². The van der Waals surface area contributed by atoms with E-state index in [4.69, 9.17) is 0 Å². The molecule has 0 saturated heterocycles. The number of fused-ring (bicyclic) bond motifs is 1. The van der Waals surface area contributed by atoms with Crippen molar-refractivity contribution in [3.05, 3.63) is 29.6 Å². The molecule has 0 radical (unpaired) electrons. The van der Waals surface area contributed by atoms with Crippen molar-refractivity contribution in [3.8, 4) is 0 Å². The molecule has 1 aromatic rings. The van der Waals surface area contributed by atoms with Gasteiger partial charge < -0.3 is 5.32 Å². The van der Waals surface area contributed by atoms with Crippen molar-refractivity contribution in [2.24, 2.45) is 11.8 Å². The summed E-state index contributed by atoms with van der Waals surface area (Å²) in [6, 6.07) is 4.34. The van der Waals surface area contributed by atoms with Crippen molar-refractivity contribution in [1.82, 2.24) is 10.3 Å². The minimum atomic E-state index is 0.672. The van der Waals surface area contributed by atoms with Crippen molar-refractivity contribution in [2.45, 2.75) is 52.4 Å². The molecule has 0 saturated carbocycles. The molecule has 19 heavy (non-hydrogen) atoms. The van der Waals surface area contributed by atoms with Crippen LogP contribution in [0.15, 0.2) is 18.3 Å². The van der Waals surface area contributed by atoms with Crippen molar-refractivity contribution in [3.63, 3.8) is 0 Å². The molecule has 1 heterocycles. The van der Waals surface area contributed by atoms with Crippen LogP contribution in [0.4, 0.5) is 0 Å². The van der Waals surface area contributed by atoms with E-state index in [1.54, 1.807) is 0 Å². The lowest BCUT2D eigenvalue weighted by molar-refractivity contribution is 0.366. The van der Waals surface area contributed by atoms with Crippen molar-refractivity contribution in [1.29, 1.82) is 0 Å². The third-order valence-electron chi connectivity index (χ3n) is 4.25. The van der Waals surface area contributed by atoms with Crippen LogP contribution in [0.5, 0.6) is 0 Å². The molecule has 0 bridgehead atoms. The Hall–Kier alpha value is -0.890. The summed E-state index contributed by atoms with van der Waals surface area (Å²) in [5, 5.41) is 3.56. The number of hydrogen-bond donors (Lipinski definition) is 1. The van der Waals surface area contributed by atoms with Crippen molar-refractivity contribution in [2.75, 3.05) is 13.1 Å². The maximum Gasteiger partial charge on any atom is 0.0469 e. The number of aryl methyl sites for hydroxylation is 1. The normalized spacial score (nSPS) is 20.3. The summed E-state index contributed by atoms with van der Waals surface area (Å²) in [6.07, 6.45) is 7.08. The van der Waals surface area contributed by atoms with Gasteiger partial charge in [0.1, 0.15) is 0 Å². The Morgan fingerprint density at radius 1 is 1.37 bits per heavy atom. The van der Waals surface area contributed by atoms with E-state index in [-0.39, 0.29) is 0 Å². The van der Waals surface area contributed by atoms with Gasteiger partial charge in [-0.3, -0.25) is 4.98 Å². The van der Waals surface area contributed by atoms with Crippen LogP contribution in [0.1, 0.15) is 57.2 Å². The molecule has 0 fully saturated rings. The lowest BCUT2D eigenvalue weighted by Gasteiger charge is -2.29. The van der Waals surface area contributed by atoms with E-state index in [0.717, 1.165) is 24.9 Å². The number of nitrogens with one attached hydrogen (secondary N) is 1. The highest BCUT2D eigenvalue weighted by Gasteiger charge is 2.25. The fourth-order valence-corrected chi connectivity index (χ4v) is 3.12. The molecule has 0 amide bonds. The van der Waals surface area contributed by atoms with Crippen molar-refractivity contribution >= 4 is 0 Å². The van der Waals surface area contributed by atoms with E-state index >= 15 is 0 Å². The van der Waals surface area contributed by atoms with E-state index in [1.165, 1.54) is 36.9 Å². The first kappa shape index (κ1) is 14.5. The highest BCUT2D eigenvalue weighted by Crippen LogP contribution is 2.36. The second kappa shape index (κ2) is 7.04. The van der Waals surface area contributed by atoms with Gasteiger partial charge in [0.15, 0.2) is 0 Å². The lowest BCUT2D eigenvalue weighted by Crippen LogP contribution is -2.25. The molecule has 2 heteroatoms. The quantitative estimate of drug-likeness (QED) is 0.788. The second-order valence-electron chi connectivity index (χ2n) is 6.41. The average Bonchev–Trinajstić information content (AvgIpc) is 2.42. The maximum absolute atomic E-state index is 4.66. The molecule has 1 N–H and O–H groups in total. The molecule has 1 aliphatic rings. The van der Waals surface area contributed by atoms with E-state index in [1.807, 2.05) is 6.20 Å². The predicted molar refractivity (Wildman–Crippen MR) is 81.4 cm³/mol. The third-order valence-corrected chi connectivity index (χ3v) is 4.25. The first-order chi connectivity index (χ1) is 9.18. The molecular weight excluding hydrogens is 232 g/mol. The Balaban J connectivity index is 1.88. The smallest absolute Gasteiger partial charge is 0.0469 e. The molecule has 0 spiro atoms. The summed E-state index contributed by atoms with van der Waals surface area (Å²) in [6.45, 7) is 9.19. The fraction of sp³-hybridized carbons (Fsp3) is 0.706. The summed E-state index contributed by atoms with van der Waals surface area (Å²) in [7, 11) is 0. The van der Waals surface area contributed by atoms with Crippen molar-refractivity contribution < 1.29 is 0 Å². The first-order valence-corrected chi connectivity index (χ1v) is 7.83. The molecule has 106 valence electrons. The van der Waals surface area contributed by atoms with Gasteiger partial charge in [-0.25, -0.2) is 0 Å². The fourth-order valence-electron chi connectivity index (χ4n) is 3.12. The molecule has 2 nitrogen and oxygen atoms in total. The summed E-state index contributed by atoms with van der Waals surface area (Å²) in [5.74, 6) is 2.15. The zero-order valence-electron chi connectivity index (χ0n) is 12.7. The van der Waals surface area contributed by atoms with Gasteiger partial charge >= 0.3 is 0 Å². The summed E-state index contributed by atoms with van der Waals surface area (Å²) in [4.78, 5) is 4.66. The number of rotatable bonds is 6. The molecule has 1 aliphatic carbocycles. The molecule has 1 aromatic heterocycles. The zero-order valence-corrected chi connectivity index (χ0v) is 12.7. The Labute approximate surface area is 118 Å².